The van der Waals surface area contributed by atoms with Crippen LogP contribution in [0.15, 0.2) is 59.6 Å². The number of benzene rings is 2. The van der Waals surface area contributed by atoms with Crippen LogP contribution in [-0.4, -0.2) is 40.3 Å². The van der Waals surface area contributed by atoms with E-state index >= 15 is 0 Å². The van der Waals surface area contributed by atoms with Crippen molar-refractivity contribution in [1.82, 2.24) is 10.6 Å². The minimum Gasteiger partial charge on any atom is -0.356 e. The van der Waals surface area contributed by atoms with Crippen LogP contribution in [0.25, 0.3) is 0 Å². The number of aliphatic imine (C=N–C) groups is 1. The van der Waals surface area contributed by atoms with Crippen LogP contribution in [-0.2, 0) is 22.0 Å². The zero-order valence-electron chi connectivity index (χ0n) is 15.5. The predicted molar refractivity (Wildman–Crippen MR) is 113 cm³/mol. The first kappa shape index (κ1) is 21.3. The number of hydrogen-bond acceptors (Lipinski definition) is 3. The molecule has 2 rings (SSSR count). The normalized spacial score (nSPS) is 12.0. The molecule has 2 N–H and O–H groups in total. The van der Waals surface area contributed by atoms with Crippen LogP contribution >= 0.6 is 11.6 Å². The molecule has 0 radical (unpaired) electrons. The van der Waals surface area contributed by atoms with Gasteiger partial charge >= 0.3 is 0 Å². The zero-order valence-corrected chi connectivity index (χ0v) is 17.1. The van der Waals surface area contributed by atoms with Crippen LogP contribution in [0.3, 0.4) is 0 Å². The number of rotatable bonds is 9. The highest BCUT2D eigenvalue weighted by atomic mass is 35.5. The largest absolute Gasteiger partial charge is 0.356 e. The van der Waals surface area contributed by atoms with Crippen LogP contribution in [0.1, 0.15) is 17.5 Å². The Kier molecular flexibility index (Phi) is 8.61. The minimum absolute atomic E-state index is 0.0852. The molecule has 0 aliphatic carbocycles. The second kappa shape index (κ2) is 10.9. The molecule has 0 aliphatic heterocycles. The van der Waals surface area contributed by atoms with E-state index in [0.717, 1.165) is 23.6 Å². The summed E-state index contributed by atoms with van der Waals surface area (Å²) in [6.45, 7) is 1.28. The molecule has 0 aromatic heterocycles. The lowest BCUT2D eigenvalue weighted by atomic mass is 10.1. The number of sulfone groups is 1. The second-order valence-electron chi connectivity index (χ2n) is 6.23. The molecule has 0 aliphatic rings. The van der Waals surface area contributed by atoms with Crippen LogP contribution in [0, 0.1) is 0 Å². The lowest BCUT2D eigenvalue weighted by molar-refractivity contribution is 0.591. The molecule has 0 spiro atoms. The topological polar surface area (TPSA) is 70.6 Å². The van der Waals surface area contributed by atoms with Gasteiger partial charge in [0.15, 0.2) is 15.8 Å². The van der Waals surface area contributed by atoms with Crippen LogP contribution in [0.5, 0.6) is 0 Å². The summed E-state index contributed by atoms with van der Waals surface area (Å²) in [6.07, 6.45) is 1.39. The van der Waals surface area contributed by atoms with Gasteiger partial charge in [-0.05, 0) is 36.1 Å². The molecule has 27 heavy (non-hydrogen) atoms. The van der Waals surface area contributed by atoms with Crippen LogP contribution < -0.4 is 10.6 Å². The Bertz CT molecular complexity index is 822. The average molecular weight is 408 g/mol. The smallest absolute Gasteiger partial charge is 0.190 e. The zero-order chi connectivity index (χ0) is 19.5. The van der Waals surface area contributed by atoms with Crippen molar-refractivity contribution < 1.29 is 8.42 Å². The van der Waals surface area contributed by atoms with Gasteiger partial charge in [0.1, 0.15) is 0 Å². The Morgan fingerprint density at radius 1 is 0.963 bits per heavy atom. The Hall–Kier alpha value is -2.05. The van der Waals surface area contributed by atoms with Gasteiger partial charge in [0.2, 0.25) is 0 Å². The average Bonchev–Trinajstić information content (AvgIpc) is 2.65. The first-order valence-electron chi connectivity index (χ1n) is 8.92. The molecule has 0 atom stereocenters. The molecule has 0 saturated heterocycles. The van der Waals surface area contributed by atoms with Crippen molar-refractivity contribution in [2.24, 2.45) is 4.99 Å². The summed E-state index contributed by atoms with van der Waals surface area (Å²) >= 11 is 5.88. The fourth-order valence-electron chi connectivity index (χ4n) is 2.60. The third-order valence-electron chi connectivity index (χ3n) is 4.00. The summed E-state index contributed by atoms with van der Waals surface area (Å²) in [5.74, 6) is 0.905. The predicted octanol–water partition coefficient (Wildman–Crippen LogP) is 3.05. The molecule has 2 aromatic rings. The monoisotopic (exact) mass is 407 g/mol. The third-order valence-corrected chi connectivity index (χ3v) is 5.93. The highest BCUT2D eigenvalue weighted by Crippen LogP contribution is 2.09. The van der Waals surface area contributed by atoms with E-state index in [9.17, 15) is 8.42 Å². The molecule has 0 fully saturated rings. The number of nitrogens with one attached hydrogen (secondary N) is 2. The number of guanidine groups is 1. The highest BCUT2D eigenvalue weighted by Gasteiger charge is 2.11. The molecule has 0 amide bonds. The van der Waals surface area contributed by atoms with Gasteiger partial charge in [-0.15, -0.1) is 0 Å². The summed E-state index contributed by atoms with van der Waals surface area (Å²) in [5.41, 5.74) is 2.01. The standard InChI is InChI=1S/C20H26ClN3O2S/c1-22-20(24-14-12-17-8-10-19(21)11-9-17)23-13-5-15-27(25,26)16-18-6-3-2-4-7-18/h2-4,6-11H,5,12-16H2,1H3,(H2,22,23,24). The number of hydrogen-bond donors (Lipinski definition) is 2. The molecule has 5 nitrogen and oxygen atoms in total. The van der Waals surface area contributed by atoms with Crippen molar-refractivity contribution >= 4 is 27.4 Å². The van der Waals surface area contributed by atoms with E-state index in [4.69, 9.17) is 11.6 Å². The van der Waals surface area contributed by atoms with Crippen molar-refractivity contribution in [2.75, 3.05) is 25.9 Å². The van der Waals surface area contributed by atoms with Crippen LogP contribution in [0.2, 0.25) is 5.02 Å². The van der Waals surface area contributed by atoms with E-state index in [2.05, 4.69) is 15.6 Å². The van der Waals surface area contributed by atoms with Gasteiger partial charge in [-0.1, -0.05) is 54.1 Å². The SMILES string of the molecule is CN=C(NCCCS(=O)(=O)Cc1ccccc1)NCCc1ccc(Cl)cc1. The summed E-state index contributed by atoms with van der Waals surface area (Å²) < 4.78 is 24.4. The molecule has 0 heterocycles. The first-order chi connectivity index (χ1) is 13.0. The van der Waals surface area contributed by atoms with Gasteiger partial charge in [-0.2, -0.15) is 0 Å². The maximum Gasteiger partial charge on any atom is 0.190 e. The summed E-state index contributed by atoms with van der Waals surface area (Å²) in [4.78, 5) is 4.16. The van der Waals surface area contributed by atoms with Crippen molar-refractivity contribution in [3.63, 3.8) is 0 Å². The molecule has 0 unspecified atom stereocenters. The van der Waals surface area contributed by atoms with E-state index in [1.54, 1.807) is 7.05 Å². The molecule has 0 bridgehead atoms. The van der Waals surface area contributed by atoms with E-state index in [-0.39, 0.29) is 11.5 Å². The van der Waals surface area contributed by atoms with Gasteiger partial charge in [0.05, 0.1) is 11.5 Å². The second-order valence-corrected chi connectivity index (χ2v) is 8.85. The van der Waals surface area contributed by atoms with Gasteiger partial charge < -0.3 is 10.6 Å². The fraction of sp³-hybridized carbons (Fsp3) is 0.350. The molecular formula is C20H26ClN3O2S. The van der Waals surface area contributed by atoms with Crippen molar-refractivity contribution in [1.29, 1.82) is 0 Å². The first-order valence-corrected chi connectivity index (χ1v) is 11.1. The van der Waals surface area contributed by atoms with Gasteiger partial charge in [-0.25, -0.2) is 8.42 Å². The van der Waals surface area contributed by atoms with Gasteiger partial charge in [0.25, 0.3) is 0 Å². The minimum atomic E-state index is -3.11. The fourth-order valence-corrected chi connectivity index (χ4v) is 4.15. The summed E-state index contributed by atoms with van der Waals surface area (Å²) in [7, 11) is -1.41. The lowest BCUT2D eigenvalue weighted by Crippen LogP contribution is -2.39. The van der Waals surface area contributed by atoms with Gasteiger partial charge in [-0.3, -0.25) is 4.99 Å². The maximum atomic E-state index is 12.2. The van der Waals surface area contributed by atoms with Crippen LogP contribution in [0.4, 0.5) is 0 Å². The Labute approximate surface area is 166 Å². The molecule has 7 heteroatoms. The van der Waals surface area contributed by atoms with Gasteiger partial charge in [0, 0.05) is 25.2 Å². The van der Waals surface area contributed by atoms with E-state index in [1.807, 2.05) is 54.6 Å². The van der Waals surface area contributed by atoms with E-state index < -0.39 is 9.84 Å². The van der Waals surface area contributed by atoms with E-state index in [0.29, 0.717) is 18.9 Å². The Morgan fingerprint density at radius 2 is 1.63 bits per heavy atom. The Balaban J connectivity index is 1.66. The van der Waals surface area contributed by atoms with Crippen molar-refractivity contribution in [3.8, 4) is 0 Å². The van der Waals surface area contributed by atoms with Crippen molar-refractivity contribution in [3.05, 3.63) is 70.7 Å². The molecule has 2 aromatic carbocycles. The maximum absolute atomic E-state index is 12.2. The lowest BCUT2D eigenvalue weighted by Gasteiger charge is -2.12. The summed E-state index contributed by atoms with van der Waals surface area (Å²) in [5, 5.41) is 7.11. The van der Waals surface area contributed by atoms with E-state index in [1.165, 1.54) is 5.56 Å². The highest BCUT2D eigenvalue weighted by molar-refractivity contribution is 7.90. The summed E-state index contributed by atoms with van der Waals surface area (Å²) in [6, 6.07) is 17.0. The molecular weight excluding hydrogens is 382 g/mol. The molecule has 0 saturated carbocycles. The third kappa shape index (κ3) is 8.45. The number of halogens is 1. The number of nitrogens with zero attached hydrogens (tertiary/aromatic N) is 1. The quantitative estimate of drug-likeness (QED) is 0.380. The van der Waals surface area contributed by atoms with Crippen molar-refractivity contribution in [2.45, 2.75) is 18.6 Å². The Morgan fingerprint density at radius 3 is 2.30 bits per heavy atom. The molecule has 146 valence electrons.